The Balaban J connectivity index is 2.23. The van der Waals surface area contributed by atoms with Crippen LogP contribution in [0.25, 0.3) is 0 Å². The molecule has 2 heterocycles. The first-order chi connectivity index (χ1) is 6.83. The summed E-state index contributed by atoms with van der Waals surface area (Å²) in [6.45, 7) is 1.91. The molecule has 0 aromatic carbocycles. The standard InChI is InChI=1S/C11H17N3/c1-14-6-4-9(7-12)11(14)10-3-2-5-13-8-10/h2-3,5,8-9,11H,4,6-7,12H2,1H3/t9-,11?/m1/s1. The van der Waals surface area contributed by atoms with Gasteiger partial charge in [-0.15, -0.1) is 0 Å². The summed E-state index contributed by atoms with van der Waals surface area (Å²) < 4.78 is 0. The summed E-state index contributed by atoms with van der Waals surface area (Å²) in [4.78, 5) is 6.53. The lowest BCUT2D eigenvalue weighted by Crippen LogP contribution is -2.25. The van der Waals surface area contributed by atoms with E-state index in [1.54, 1.807) is 0 Å². The summed E-state index contributed by atoms with van der Waals surface area (Å²) in [6, 6.07) is 4.60. The van der Waals surface area contributed by atoms with E-state index in [1.165, 1.54) is 12.0 Å². The second kappa shape index (κ2) is 4.07. The molecule has 1 aliphatic heterocycles. The van der Waals surface area contributed by atoms with Crippen molar-refractivity contribution in [3.05, 3.63) is 30.1 Å². The zero-order valence-corrected chi connectivity index (χ0v) is 8.56. The van der Waals surface area contributed by atoms with Gasteiger partial charge in [-0.3, -0.25) is 9.88 Å². The molecule has 3 heteroatoms. The molecule has 0 spiro atoms. The quantitative estimate of drug-likeness (QED) is 0.759. The van der Waals surface area contributed by atoms with Gasteiger partial charge < -0.3 is 5.73 Å². The van der Waals surface area contributed by atoms with Crippen molar-refractivity contribution in [3.8, 4) is 0 Å². The molecule has 2 N–H and O–H groups in total. The average molecular weight is 191 g/mol. The first-order valence-corrected chi connectivity index (χ1v) is 5.13. The minimum absolute atomic E-state index is 0.466. The van der Waals surface area contributed by atoms with Crippen molar-refractivity contribution >= 4 is 0 Å². The van der Waals surface area contributed by atoms with E-state index in [0.29, 0.717) is 12.0 Å². The zero-order chi connectivity index (χ0) is 9.97. The van der Waals surface area contributed by atoms with Gasteiger partial charge in [0, 0.05) is 18.4 Å². The van der Waals surface area contributed by atoms with Crippen molar-refractivity contribution in [3.63, 3.8) is 0 Å². The van der Waals surface area contributed by atoms with Crippen LogP contribution in [0.4, 0.5) is 0 Å². The fourth-order valence-corrected chi connectivity index (χ4v) is 2.35. The Labute approximate surface area is 84.9 Å². The molecule has 0 bridgehead atoms. The highest BCUT2D eigenvalue weighted by Crippen LogP contribution is 2.34. The smallest absolute Gasteiger partial charge is 0.0400 e. The second-order valence-electron chi connectivity index (χ2n) is 4.00. The van der Waals surface area contributed by atoms with Crippen LogP contribution in [0.1, 0.15) is 18.0 Å². The molecule has 0 aliphatic carbocycles. The van der Waals surface area contributed by atoms with Crippen molar-refractivity contribution < 1.29 is 0 Å². The maximum Gasteiger partial charge on any atom is 0.0400 e. The van der Waals surface area contributed by atoms with Crippen molar-refractivity contribution in [1.82, 2.24) is 9.88 Å². The van der Waals surface area contributed by atoms with Gasteiger partial charge in [-0.1, -0.05) is 6.07 Å². The third-order valence-corrected chi connectivity index (χ3v) is 3.10. The van der Waals surface area contributed by atoms with Gasteiger partial charge in [0.05, 0.1) is 0 Å². The Morgan fingerprint density at radius 3 is 3.14 bits per heavy atom. The Morgan fingerprint density at radius 1 is 1.64 bits per heavy atom. The molecule has 2 rings (SSSR count). The van der Waals surface area contributed by atoms with Gasteiger partial charge in [-0.2, -0.15) is 0 Å². The lowest BCUT2D eigenvalue weighted by Gasteiger charge is -2.24. The number of nitrogens with two attached hydrogens (primary N) is 1. The molecule has 0 saturated carbocycles. The van der Waals surface area contributed by atoms with E-state index in [4.69, 9.17) is 5.73 Å². The highest BCUT2D eigenvalue weighted by Gasteiger charge is 2.31. The first-order valence-electron chi connectivity index (χ1n) is 5.13. The molecule has 0 amide bonds. The van der Waals surface area contributed by atoms with Crippen molar-refractivity contribution in [1.29, 1.82) is 0 Å². The van der Waals surface area contributed by atoms with Crippen LogP contribution < -0.4 is 5.73 Å². The topological polar surface area (TPSA) is 42.1 Å². The minimum Gasteiger partial charge on any atom is -0.330 e. The predicted octanol–water partition coefficient (Wildman–Crippen LogP) is 1.03. The van der Waals surface area contributed by atoms with Gasteiger partial charge in [0.15, 0.2) is 0 Å². The van der Waals surface area contributed by atoms with Crippen LogP contribution in [0.5, 0.6) is 0 Å². The molecule has 3 nitrogen and oxygen atoms in total. The maximum atomic E-state index is 5.78. The summed E-state index contributed by atoms with van der Waals surface area (Å²) in [5.41, 5.74) is 7.07. The molecule has 1 unspecified atom stereocenters. The molecule has 0 radical (unpaired) electrons. The molecule has 76 valence electrons. The fraction of sp³-hybridized carbons (Fsp3) is 0.545. The highest BCUT2D eigenvalue weighted by molar-refractivity contribution is 5.16. The number of hydrogen-bond donors (Lipinski definition) is 1. The van der Waals surface area contributed by atoms with Crippen LogP contribution in [0.2, 0.25) is 0 Å². The number of rotatable bonds is 2. The summed E-state index contributed by atoms with van der Waals surface area (Å²) in [5.74, 6) is 0.587. The van der Waals surface area contributed by atoms with E-state index in [2.05, 4.69) is 23.0 Å². The van der Waals surface area contributed by atoms with E-state index >= 15 is 0 Å². The minimum atomic E-state index is 0.466. The lowest BCUT2D eigenvalue weighted by atomic mass is 9.95. The Bertz CT molecular complexity index is 286. The zero-order valence-electron chi connectivity index (χ0n) is 8.56. The summed E-state index contributed by atoms with van der Waals surface area (Å²) >= 11 is 0. The summed E-state index contributed by atoms with van der Waals surface area (Å²) in [7, 11) is 2.16. The Hall–Kier alpha value is -0.930. The molecule has 14 heavy (non-hydrogen) atoms. The molecular formula is C11H17N3. The van der Waals surface area contributed by atoms with E-state index < -0.39 is 0 Å². The molecule has 1 aromatic heterocycles. The molecular weight excluding hydrogens is 174 g/mol. The summed E-state index contributed by atoms with van der Waals surface area (Å²) in [6.07, 6.45) is 4.97. The van der Waals surface area contributed by atoms with Gasteiger partial charge in [0.2, 0.25) is 0 Å². The van der Waals surface area contributed by atoms with Crippen LogP contribution in [-0.4, -0.2) is 30.0 Å². The van der Waals surface area contributed by atoms with Gasteiger partial charge in [0.25, 0.3) is 0 Å². The van der Waals surface area contributed by atoms with Crippen LogP contribution in [-0.2, 0) is 0 Å². The first kappa shape index (κ1) is 9.62. The lowest BCUT2D eigenvalue weighted by molar-refractivity contribution is 0.279. The van der Waals surface area contributed by atoms with Crippen LogP contribution in [0.3, 0.4) is 0 Å². The maximum absolute atomic E-state index is 5.78. The molecule has 1 saturated heterocycles. The molecule has 1 aromatic rings. The van der Waals surface area contributed by atoms with Crippen LogP contribution in [0, 0.1) is 5.92 Å². The SMILES string of the molecule is CN1CC[C@H](CN)C1c1cccnc1. The predicted molar refractivity (Wildman–Crippen MR) is 56.8 cm³/mol. The summed E-state index contributed by atoms with van der Waals surface area (Å²) in [5, 5.41) is 0. The third kappa shape index (κ3) is 1.65. The Kier molecular flexibility index (Phi) is 2.79. The molecule has 2 atom stereocenters. The van der Waals surface area contributed by atoms with Gasteiger partial charge in [-0.25, -0.2) is 0 Å². The number of pyridine rings is 1. The molecule has 1 aliphatic rings. The largest absolute Gasteiger partial charge is 0.330 e. The number of likely N-dealkylation sites (tertiary alicyclic amines) is 1. The van der Waals surface area contributed by atoms with E-state index in [0.717, 1.165) is 13.1 Å². The number of aromatic nitrogens is 1. The van der Waals surface area contributed by atoms with Gasteiger partial charge in [0.1, 0.15) is 0 Å². The van der Waals surface area contributed by atoms with E-state index in [9.17, 15) is 0 Å². The van der Waals surface area contributed by atoms with Crippen molar-refractivity contribution in [2.24, 2.45) is 11.7 Å². The van der Waals surface area contributed by atoms with Crippen LogP contribution in [0.15, 0.2) is 24.5 Å². The van der Waals surface area contributed by atoms with Crippen molar-refractivity contribution in [2.45, 2.75) is 12.5 Å². The second-order valence-corrected chi connectivity index (χ2v) is 4.00. The normalized spacial score (nSPS) is 28.1. The van der Waals surface area contributed by atoms with E-state index in [-0.39, 0.29) is 0 Å². The number of hydrogen-bond acceptors (Lipinski definition) is 3. The monoisotopic (exact) mass is 191 g/mol. The van der Waals surface area contributed by atoms with Gasteiger partial charge >= 0.3 is 0 Å². The van der Waals surface area contributed by atoms with Gasteiger partial charge in [-0.05, 0) is 44.1 Å². The van der Waals surface area contributed by atoms with E-state index in [1.807, 2.05) is 18.5 Å². The molecule has 1 fully saturated rings. The van der Waals surface area contributed by atoms with Crippen LogP contribution >= 0.6 is 0 Å². The third-order valence-electron chi connectivity index (χ3n) is 3.10. The fourth-order valence-electron chi connectivity index (χ4n) is 2.35. The number of nitrogens with zero attached hydrogens (tertiary/aromatic N) is 2. The Morgan fingerprint density at radius 2 is 2.50 bits per heavy atom. The van der Waals surface area contributed by atoms with Crippen molar-refractivity contribution in [2.75, 3.05) is 20.1 Å². The average Bonchev–Trinajstić information content (AvgIpc) is 2.61. The highest BCUT2D eigenvalue weighted by atomic mass is 15.2.